The van der Waals surface area contributed by atoms with Crippen LogP contribution in [0.15, 0.2) is 24.3 Å². The van der Waals surface area contributed by atoms with E-state index >= 15 is 0 Å². The maximum atomic E-state index is 12.9. The van der Waals surface area contributed by atoms with Gasteiger partial charge < -0.3 is 19.7 Å². The fourth-order valence-electron chi connectivity index (χ4n) is 3.79. The highest BCUT2D eigenvalue weighted by molar-refractivity contribution is 5.93. The zero-order valence-corrected chi connectivity index (χ0v) is 19.0. The van der Waals surface area contributed by atoms with E-state index in [1.165, 1.54) is 0 Å². The molecule has 9 nitrogen and oxygen atoms in total. The number of hydrogen-bond acceptors (Lipinski definition) is 6. The van der Waals surface area contributed by atoms with E-state index in [4.69, 9.17) is 9.47 Å². The lowest BCUT2D eigenvalue weighted by molar-refractivity contribution is -0.117. The van der Waals surface area contributed by atoms with E-state index in [-0.39, 0.29) is 18.5 Å². The van der Waals surface area contributed by atoms with Crippen molar-refractivity contribution in [2.75, 3.05) is 51.8 Å². The molecule has 0 saturated carbocycles. The Morgan fingerprint density at radius 3 is 2.34 bits per heavy atom. The first-order valence-electron chi connectivity index (χ1n) is 10.6. The van der Waals surface area contributed by atoms with Crippen LogP contribution in [0.5, 0.6) is 5.75 Å². The number of hydrogen-bond donors (Lipinski definition) is 1. The number of methoxy groups -OCH3 is 1. The Morgan fingerprint density at radius 1 is 1.12 bits per heavy atom. The summed E-state index contributed by atoms with van der Waals surface area (Å²) >= 11 is 0. The number of benzene rings is 1. The van der Waals surface area contributed by atoms with Gasteiger partial charge in [0.1, 0.15) is 17.6 Å². The van der Waals surface area contributed by atoms with E-state index in [0.29, 0.717) is 44.2 Å². The third kappa shape index (κ3) is 4.86. The number of carbonyl (C=O) groups is 2. The molecule has 0 aliphatic carbocycles. The van der Waals surface area contributed by atoms with Crippen LogP contribution in [-0.4, -0.2) is 72.8 Å². The van der Waals surface area contributed by atoms with E-state index in [9.17, 15) is 14.9 Å². The summed E-state index contributed by atoms with van der Waals surface area (Å²) in [4.78, 5) is 28.4. The number of piperazine rings is 1. The van der Waals surface area contributed by atoms with Crippen LogP contribution >= 0.6 is 0 Å². The third-order valence-corrected chi connectivity index (χ3v) is 5.68. The highest BCUT2D eigenvalue weighted by Gasteiger charge is 2.25. The Kier molecular flexibility index (Phi) is 7.38. The van der Waals surface area contributed by atoms with Gasteiger partial charge in [-0.3, -0.25) is 14.3 Å². The fourth-order valence-corrected chi connectivity index (χ4v) is 3.79. The predicted molar refractivity (Wildman–Crippen MR) is 120 cm³/mol. The molecule has 1 aliphatic heterocycles. The first-order chi connectivity index (χ1) is 15.4. The molecule has 9 heteroatoms. The van der Waals surface area contributed by atoms with Crippen molar-refractivity contribution in [3.8, 4) is 17.5 Å². The van der Waals surface area contributed by atoms with E-state index < -0.39 is 0 Å². The normalized spacial score (nSPS) is 14.0. The van der Waals surface area contributed by atoms with Crippen LogP contribution in [0.1, 0.15) is 23.7 Å². The van der Waals surface area contributed by atoms with E-state index in [1.54, 1.807) is 18.9 Å². The number of rotatable bonds is 6. The monoisotopic (exact) mass is 439 g/mol. The maximum Gasteiger partial charge on any atom is 0.409 e. The number of nitrogens with zero attached hydrogens (tertiary/aromatic N) is 4. The van der Waals surface area contributed by atoms with Crippen molar-refractivity contribution in [2.45, 2.75) is 20.8 Å². The Morgan fingerprint density at radius 2 is 1.78 bits per heavy atom. The molecule has 2 amide bonds. The van der Waals surface area contributed by atoms with Crippen LogP contribution in [-0.2, 0) is 9.53 Å². The van der Waals surface area contributed by atoms with Crippen LogP contribution in [0, 0.1) is 25.2 Å². The molecule has 3 rings (SSSR count). The van der Waals surface area contributed by atoms with Crippen molar-refractivity contribution in [3.63, 3.8) is 0 Å². The lowest BCUT2D eigenvalue weighted by Gasteiger charge is -2.33. The first kappa shape index (κ1) is 23.2. The second kappa shape index (κ2) is 10.2. The van der Waals surface area contributed by atoms with Gasteiger partial charge in [0.2, 0.25) is 5.91 Å². The number of ether oxygens (including phenoxy) is 2. The zero-order chi connectivity index (χ0) is 23.3. The minimum absolute atomic E-state index is 0.174. The van der Waals surface area contributed by atoms with Gasteiger partial charge >= 0.3 is 6.09 Å². The highest BCUT2D eigenvalue weighted by Crippen LogP contribution is 2.30. The number of carbonyl (C=O) groups excluding carboxylic acids is 2. The fraction of sp³-hybridized carbons (Fsp3) is 0.435. The number of nitrogens with one attached hydrogen (secondary N) is 1. The third-order valence-electron chi connectivity index (χ3n) is 5.68. The molecule has 0 radical (unpaired) electrons. The summed E-state index contributed by atoms with van der Waals surface area (Å²) in [5.41, 5.74) is 2.97. The summed E-state index contributed by atoms with van der Waals surface area (Å²) in [6, 6.07) is 9.67. The van der Waals surface area contributed by atoms with Gasteiger partial charge in [-0.2, -0.15) is 5.26 Å². The van der Waals surface area contributed by atoms with E-state index in [1.807, 2.05) is 47.6 Å². The molecule has 0 atom stereocenters. The molecule has 1 aromatic heterocycles. The predicted octanol–water partition coefficient (Wildman–Crippen LogP) is 2.69. The smallest absolute Gasteiger partial charge is 0.409 e. The molecule has 1 N–H and O–H groups in total. The minimum Gasteiger partial charge on any atom is -0.497 e. The number of nitriles is 1. The van der Waals surface area contributed by atoms with E-state index in [0.717, 1.165) is 22.7 Å². The van der Waals surface area contributed by atoms with Crippen molar-refractivity contribution in [1.82, 2.24) is 14.4 Å². The lowest BCUT2D eigenvalue weighted by Crippen LogP contribution is -2.50. The topological polar surface area (TPSA) is 99.8 Å². The summed E-state index contributed by atoms with van der Waals surface area (Å²) in [7, 11) is 1.60. The van der Waals surface area contributed by atoms with Crippen LogP contribution in [0.3, 0.4) is 0 Å². The Balaban J connectivity index is 1.74. The first-order valence-corrected chi connectivity index (χ1v) is 10.6. The van der Waals surface area contributed by atoms with Gasteiger partial charge in [0.15, 0.2) is 0 Å². The quantitative estimate of drug-likeness (QED) is 0.743. The molecule has 1 fully saturated rings. The van der Waals surface area contributed by atoms with Crippen molar-refractivity contribution >= 4 is 17.8 Å². The molecule has 1 aromatic carbocycles. The molecule has 1 saturated heterocycles. The number of aromatic nitrogens is 1. The van der Waals surface area contributed by atoms with Crippen LogP contribution < -0.4 is 10.1 Å². The summed E-state index contributed by atoms with van der Waals surface area (Å²) < 4.78 is 12.1. The van der Waals surface area contributed by atoms with Crippen molar-refractivity contribution < 1.29 is 19.1 Å². The summed E-state index contributed by atoms with van der Waals surface area (Å²) in [5, 5.41) is 12.7. The van der Waals surface area contributed by atoms with E-state index in [2.05, 4.69) is 11.4 Å². The zero-order valence-electron chi connectivity index (χ0n) is 19.0. The second-order valence-electron chi connectivity index (χ2n) is 7.59. The summed E-state index contributed by atoms with van der Waals surface area (Å²) in [5.74, 6) is 0.976. The molecule has 2 aromatic rings. The molecular weight excluding hydrogens is 410 g/mol. The van der Waals surface area contributed by atoms with Gasteiger partial charge in [-0.25, -0.2) is 4.79 Å². The maximum absolute atomic E-state index is 12.9. The van der Waals surface area contributed by atoms with Crippen molar-refractivity contribution in [2.24, 2.45) is 0 Å². The lowest BCUT2D eigenvalue weighted by atomic mass is 10.2. The van der Waals surface area contributed by atoms with Crippen LogP contribution in [0.4, 0.5) is 10.6 Å². The SMILES string of the molecule is CCOC(=O)N1CCN(CC(=O)Nc2c(C#N)c(C)c(C)n2-c2ccc(OC)cc2)CC1. The molecule has 32 heavy (non-hydrogen) atoms. The van der Waals surface area contributed by atoms with Crippen molar-refractivity contribution in [1.29, 1.82) is 5.26 Å². The van der Waals surface area contributed by atoms with Gasteiger partial charge in [-0.15, -0.1) is 0 Å². The minimum atomic E-state index is -0.321. The Bertz CT molecular complexity index is 1010. The van der Waals surface area contributed by atoms with Gasteiger partial charge in [0.05, 0.1) is 25.8 Å². The highest BCUT2D eigenvalue weighted by atomic mass is 16.6. The van der Waals surface area contributed by atoms with Gasteiger partial charge in [0.25, 0.3) is 0 Å². The standard InChI is InChI=1S/C23H29N5O4/c1-5-32-23(30)27-12-10-26(11-13-27)15-21(29)25-22-20(14-24)16(2)17(3)28(22)18-6-8-19(31-4)9-7-18/h6-9H,5,10-13,15H2,1-4H3,(H,25,29). The number of anilines is 1. The number of amides is 2. The molecule has 0 spiro atoms. The average molecular weight is 440 g/mol. The largest absolute Gasteiger partial charge is 0.497 e. The molecule has 170 valence electrons. The van der Waals surface area contributed by atoms with Crippen molar-refractivity contribution in [3.05, 3.63) is 41.1 Å². The summed E-state index contributed by atoms with van der Waals surface area (Å²) in [6.45, 7) is 8.26. The summed E-state index contributed by atoms with van der Waals surface area (Å²) in [6.07, 6.45) is -0.321. The van der Waals surface area contributed by atoms with Gasteiger partial charge in [-0.1, -0.05) is 0 Å². The Labute approximate surface area is 188 Å². The van der Waals surface area contributed by atoms with Gasteiger partial charge in [-0.05, 0) is 50.6 Å². The van der Waals surface area contributed by atoms with Crippen LogP contribution in [0.25, 0.3) is 5.69 Å². The Hall–Kier alpha value is -3.51. The molecule has 1 aliphatic rings. The average Bonchev–Trinajstić information content (AvgIpc) is 3.03. The molecule has 0 unspecified atom stereocenters. The van der Waals surface area contributed by atoms with Gasteiger partial charge in [0, 0.05) is 37.6 Å². The second-order valence-corrected chi connectivity index (χ2v) is 7.59. The molecule has 0 bridgehead atoms. The van der Waals surface area contributed by atoms with Crippen LogP contribution in [0.2, 0.25) is 0 Å². The molecular formula is C23H29N5O4. The molecule has 2 heterocycles.